The Morgan fingerprint density at radius 1 is 1.18 bits per heavy atom. The zero-order chi connectivity index (χ0) is 15.4. The number of rotatable bonds is 3. The Bertz CT molecular complexity index is 726. The lowest BCUT2D eigenvalue weighted by atomic mass is 10.2. The van der Waals surface area contributed by atoms with Crippen LogP contribution >= 0.6 is 0 Å². The monoisotopic (exact) mass is 296 g/mol. The lowest BCUT2D eigenvalue weighted by molar-refractivity contribution is 0.0934. The van der Waals surface area contributed by atoms with Gasteiger partial charge in [0.2, 0.25) is 0 Å². The molecule has 2 aromatic rings. The zero-order valence-electron chi connectivity index (χ0n) is 11.5. The van der Waals surface area contributed by atoms with Gasteiger partial charge in [0.15, 0.2) is 6.29 Å². The van der Waals surface area contributed by atoms with Gasteiger partial charge in [-0.05, 0) is 36.4 Å². The fourth-order valence-electron chi connectivity index (χ4n) is 1.97. The van der Waals surface area contributed by atoms with E-state index < -0.39 is 6.29 Å². The maximum absolute atomic E-state index is 12.8. The number of aromatic nitrogens is 1. The number of nitrogens with one attached hydrogen (secondary N) is 2. The summed E-state index contributed by atoms with van der Waals surface area (Å²) in [5.41, 5.74) is 1.99. The van der Waals surface area contributed by atoms with Crippen molar-refractivity contribution in [1.29, 1.82) is 0 Å². The summed E-state index contributed by atoms with van der Waals surface area (Å²) >= 11 is 0. The van der Waals surface area contributed by atoms with Crippen LogP contribution in [0.3, 0.4) is 0 Å². The van der Waals surface area contributed by atoms with E-state index in [4.69, 9.17) is 0 Å². The van der Waals surface area contributed by atoms with Crippen LogP contribution in [0.15, 0.2) is 59.9 Å². The highest BCUT2D eigenvalue weighted by Gasteiger charge is 2.14. The molecular weight excluding hydrogens is 283 g/mol. The number of halogens is 1. The fourth-order valence-corrected chi connectivity index (χ4v) is 1.97. The number of allylic oxidation sites excluding steroid dienone is 1. The summed E-state index contributed by atoms with van der Waals surface area (Å²) < 4.78 is 12.8. The molecule has 3 rings (SSSR count). The smallest absolute Gasteiger partial charge is 0.254 e. The van der Waals surface area contributed by atoms with Crippen molar-refractivity contribution >= 4 is 17.7 Å². The third kappa shape index (κ3) is 3.17. The summed E-state index contributed by atoms with van der Waals surface area (Å²) in [6.45, 7) is 0. The predicted molar refractivity (Wildman–Crippen MR) is 81.5 cm³/mol. The van der Waals surface area contributed by atoms with Gasteiger partial charge in [0, 0.05) is 29.7 Å². The Kier molecular flexibility index (Phi) is 3.91. The SMILES string of the molecule is O=C(NC1N=CC(c2ccccn2)=CN1)c1ccc(F)cc1. The van der Waals surface area contributed by atoms with Crippen LogP contribution in [0.25, 0.3) is 5.57 Å². The van der Waals surface area contributed by atoms with Gasteiger partial charge in [-0.15, -0.1) is 0 Å². The van der Waals surface area contributed by atoms with Crippen LogP contribution in [0.5, 0.6) is 0 Å². The van der Waals surface area contributed by atoms with Gasteiger partial charge >= 0.3 is 0 Å². The van der Waals surface area contributed by atoms with E-state index in [2.05, 4.69) is 20.6 Å². The Hall–Kier alpha value is -3.02. The van der Waals surface area contributed by atoms with Crippen LogP contribution in [0.2, 0.25) is 0 Å². The second kappa shape index (κ2) is 6.17. The van der Waals surface area contributed by atoms with Gasteiger partial charge in [-0.25, -0.2) is 9.38 Å². The van der Waals surface area contributed by atoms with Crippen LogP contribution in [0.4, 0.5) is 4.39 Å². The number of hydrogen-bond donors (Lipinski definition) is 2. The van der Waals surface area contributed by atoms with Crippen molar-refractivity contribution < 1.29 is 9.18 Å². The molecule has 1 aromatic carbocycles. The molecule has 1 aromatic heterocycles. The molecule has 0 bridgehead atoms. The van der Waals surface area contributed by atoms with Gasteiger partial charge in [-0.2, -0.15) is 0 Å². The minimum Gasteiger partial charge on any atom is -0.352 e. The Labute approximate surface area is 126 Å². The van der Waals surface area contributed by atoms with Crippen molar-refractivity contribution in [3.8, 4) is 0 Å². The summed E-state index contributed by atoms with van der Waals surface area (Å²) in [5, 5.41) is 5.66. The van der Waals surface area contributed by atoms with Crippen molar-refractivity contribution in [3.63, 3.8) is 0 Å². The van der Waals surface area contributed by atoms with Crippen molar-refractivity contribution in [2.75, 3.05) is 0 Å². The van der Waals surface area contributed by atoms with Crippen LogP contribution in [0.1, 0.15) is 16.1 Å². The summed E-state index contributed by atoms with van der Waals surface area (Å²) in [6, 6.07) is 10.9. The first-order valence-electron chi connectivity index (χ1n) is 6.69. The molecule has 0 radical (unpaired) electrons. The van der Waals surface area contributed by atoms with Crippen LogP contribution in [0, 0.1) is 5.82 Å². The highest BCUT2D eigenvalue weighted by atomic mass is 19.1. The number of hydrogen-bond acceptors (Lipinski definition) is 4. The minimum absolute atomic E-state index is 0.329. The molecule has 2 N–H and O–H groups in total. The molecular formula is C16H13FN4O. The molecule has 1 aliphatic rings. The molecule has 2 heterocycles. The first-order valence-corrected chi connectivity index (χ1v) is 6.69. The maximum atomic E-state index is 12.8. The molecule has 22 heavy (non-hydrogen) atoms. The average Bonchev–Trinajstić information content (AvgIpc) is 2.57. The van der Waals surface area contributed by atoms with Crippen LogP contribution < -0.4 is 10.6 Å². The second-order valence-corrected chi connectivity index (χ2v) is 4.64. The van der Waals surface area contributed by atoms with Crippen molar-refractivity contribution in [1.82, 2.24) is 15.6 Å². The quantitative estimate of drug-likeness (QED) is 0.910. The number of benzene rings is 1. The molecule has 1 unspecified atom stereocenters. The van der Waals surface area contributed by atoms with E-state index in [1.165, 1.54) is 24.3 Å². The van der Waals surface area contributed by atoms with Crippen molar-refractivity contribution in [2.24, 2.45) is 4.99 Å². The van der Waals surface area contributed by atoms with E-state index in [1.807, 2.05) is 18.2 Å². The first kappa shape index (κ1) is 13.9. The van der Waals surface area contributed by atoms with E-state index in [9.17, 15) is 9.18 Å². The van der Waals surface area contributed by atoms with E-state index >= 15 is 0 Å². The van der Waals surface area contributed by atoms with E-state index in [0.29, 0.717) is 5.56 Å². The summed E-state index contributed by atoms with van der Waals surface area (Å²) in [6.07, 6.45) is 4.52. The molecule has 0 fully saturated rings. The largest absolute Gasteiger partial charge is 0.352 e. The van der Waals surface area contributed by atoms with Gasteiger partial charge in [0.25, 0.3) is 5.91 Å². The van der Waals surface area contributed by atoms with E-state index in [1.54, 1.807) is 18.6 Å². The van der Waals surface area contributed by atoms with Crippen molar-refractivity contribution in [3.05, 3.63) is 71.9 Å². The van der Waals surface area contributed by atoms with E-state index in [0.717, 1.165) is 11.3 Å². The fraction of sp³-hybridized carbons (Fsp3) is 0.0625. The van der Waals surface area contributed by atoms with Gasteiger partial charge in [-0.1, -0.05) is 6.07 Å². The Balaban J connectivity index is 1.62. The molecule has 110 valence electrons. The van der Waals surface area contributed by atoms with Gasteiger partial charge < -0.3 is 10.6 Å². The lowest BCUT2D eigenvalue weighted by Gasteiger charge is -2.19. The summed E-state index contributed by atoms with van der Waals surface area (Å²) in [4.78, 5) is 20.4. The zero-order valence-corrected chi connectivity index (χ0v) is 11.5. The standard InChI is InChI=1S/C16H13FN4O/c17-13-6-4-11(5-7-13)15(22)21-16-19-9-12(10-20-16)14-3-1-2-8-18-14/h1-10,16,19H,(H,21,22). The minimum atomic E-state index is -0.565. The molecule has 1 aliphatic heterocycles. The number of nitrogens with zero attached hydrogens (tertiary/aromatic N) is 2. The highest BCUT2D eigenvalue weighted by molar-refractivity contribution is 6.09. The third-order valence-electron chi connectivity index (χ3n) is 3.09. The molecule has 6 heteroatoms. The topological polar surface area (TPSA) is 66.4 Å². The number of carbonyl (C=O) groups is 1. The number of pyridine rings is 1. The molecule has 0 saturated heterocycles. The molecule has 1 amide bonds. The van der Waals surface area contributed by atoms with Gasteiger partial charge in [0.1, 0.15) is 5.82 Å². The number of amides is 1. The normalized spacial score (nSPS) is 16.6. The number of carbonyl (C=O) groups excluding carboxylic acids is 1. The van der Waals surface area contributed by atoms with Gasteiger partial charge in [-0.3, -0.25) is 9.78 Å². The van der Waals surface area contributed by atoms with Crippen LogP contribution in [-0.4, -0.2) is 23.4 Å². The molecule has 0 spiro atoms. The molecule has 0 aliphatic carbocycles. The average molecular weight is 296 g/mol. The highest BCUT2D eigenvalue weighted by Crippen LogP contribution is 2.11. The van der Waals surface area contributed by atoms with Gasteiger partial charge in [0.05, 0.1) is 5.69 Å². The molecule has 0 saturated carbocycles. The summed E-state index contributed by atoms with van der Waals surface area (Å²) in [5.74, 6) is -0.711. The third-order valence-corrected chi connectivity index (χ3v) is 3.09. The summed E-state index contributed by atoms with van der Waals surface area (Å²) in [7, 11) is 0. The van der Waals surface area contributed by atoms with Crippen molar-refractivity contribution in [2.45, 2.75) is 6.29 Å². The lowest BCUT2D eigenvalue weighted by Crippen LogP contribution is -2.43. The first-order chi connectivity index (χ1) is 10.7. The predicted octanol–water partition coefficient (Wildman–Crippen LogP) is 1.95. The molecule has 5 nitrogen and oxygen atoms in total. The maximum Gasteiger partial charge on any atom is 0.254 e. The van der Waals surface area contributed by atoms with E-state index in [-0.39, 0.29) is 11.7 Å². The Morgan fingerprint density at radius 3 is 2.64 bits per heavy atom. The Morgan fingerprint density at radius 2 is 2.00 bits per heavy atom. The van der Waals surface area contributed by atoms with Crippen LogP contribution in [-0.2, 0) is 0 Å². The second-order valence-electron chi connectivity index (χ2n) is 4.64. The number of aliphatic imine (C=N–C) groups is 1. The molecule has 1 atom stereocenters.